The number of hydrogen-bond donors (Lipinski definition) is 0. The molecule has 0 aliphatic carbocycles. The summed E-state index contributed by atoms with van der Waals surface area (Å²) in [4.78, 5) is 13.5. The zero-order chi connectivity index (χ0) is 24.8. The van der Waals surface area contributed by atoms with Gasteiger partial charge < -0.3 is 4.90 Å². The Balaban J connectivity index is 1.82. The number of hydrogen-bond acceptors (Lipinski definition) is 3. The Morgan fingerprint density at radius 1 is 0.879 bits per heavy atom. The fourth-order valence-electron chi connectivity index (χ4n) is 3.89. The molecule has 0 radical (unpaired) electrons. The van der Waals surface area contributed by atoms with Gasteiger partial charge in [0, 0.05) is 18.7 Å². The summed E-state index contributed by atoms with van der Waals surface area (Å²) in [6, 6.07) is 7.52. The number of sulfone groups is 1. The van der Waals surface area contributed by atoms with Crippen LogP contribution >= 0.6 is 0 Å². The zero-order valence-electron chi connectivity index (χ0n) is 17.7. The highest BCUT2D eigenvalue weighted by Gasteiger charge is 2.46. The van der Waals surface area contributed by atoms with Crippen LogP contribution in [0.15, 0.2) is 53.4 Å². The summed E-state index contributed by atoms with van der Waals surface area (Å²) in [5.41, 5.74) is -1.69. The molecule has 4 nitrogen and oxygen atoms in total. The Kier molecular flexibility index (Phi) is 6.33. The monoisotopic (exact) mass is 493 g/mol. The van der Waals surface area contributed by atoms with Gasteiger partial charge in [-0.05, 0) is 68.7 Å². The Labute approximate surface area is 187 Å². The number of nitrogens with zero attached hydrogens (tertiary/aromatic N) is 1. The van der Waals surface area contributed by atoms with E-state index in [0.717, 1.165) is 30.3 Å². The molecule has 33 heavy (non-hydrogen) atoms. The first kappa shape index (κ1) is 25.1. The van der Waals surface area contributed by atoms with Gasteiger partial charge in [-0.15, -0.1) is 0 Å². The lowest BCUT2D eigenvalue weighted by atomic mass is 9.85. The van der Waals surface area contributed by atoms with Crippen molar-refractivity contribution in [3.05, 3.63) is 59.7 Å². The second-order valence-electron chi connectivity index (χ2n) is 8.41. The van der Waals surface area contributed by atoms with Crippen LogP contribution in [0, 0.1) is 5.92 Å². The lowest BCUT2D eigenvalue weighted by Gasteiger charge is -2.39. The lowest BCUT2D eigenvalue weighted by Crippen LogP contribution is -2.48. The van der Waals surface area contributed by atoms with E-state index in [1.807, 2.05) is 0 Å². The van der Waals surface area contributed by atoms with Gasteiger partial charge in [0.15, 0.2) is 9.84 Å². The molecular formula is C22H21F6NO3S. The van der Waals surface area contributed by atoms with E-state index in [0.29, 0.717) is 6.07 Å². The van der Waals surface area contributed by atoms with Crippen molar-refractivity contribution in [2.24, 2.45) is 5.92 Å². The molecule has 2 aromatic carbocycles. The average molecular weight is 493 g/mol. The summed E-state index contributed by atoms with van der Waals surface area (Å²) in [6.45, 7) is 2.80. The average Bonchev–Trinajstić information content (AvgIpc) is 2.72. The maximum absolute atomic E-state index is 13.2. The third-order valence-electron chi connectivity index (χ3n) is 6.08. The molecule has 0 aromatic heterocycles. The first-order chi connectivity index (χ1) is 15.0. The van der Waals surface area contributed by atoms with E-state index < -0.39 is 54.8 Å². The number of halogens is 6. The molecule has 1 fully saturated rings. The van der Waals surface area contributed by atoms with Crippen LogP contribution in [0.25, 0.3) is 0 Å². The largest absolute Gasteiger partial charge is 0.416 e. The van der Waals surface area contributed by atoms with E-state index >= 15 is 0 Å². The van der Waals surface area contributed by atoms with Crippen molar-refractivity contribution in [3.8, 4) is 0 Å². The highest BCUT2D eigenvalue weighted by atomic mass is 32.2. The first-order valence-electron chi connectivity index (χ1n) is 9.94. The van der Waals surface area contributed by atoms with Crippen molar-refractivity contribution in [1.82, 2.24) is 0 Å². The van der Waals surface area contributed by atoms with Crippen molar-refractivity contribution < 1.29 is 39.6 Å². The topological polar surface area (TPSA) is 54.5 Å². The van der Waals surface area contributed by atoms with Gasteiger partial charge in [0.1, 0.15) is 0 Å². The minimum absolute atomic E-state index is 0.0659. The van der Waals surface area contributed by atoms with Gasteiger partial charge >= 0.3 is 12.4 Å². The number of carbonyl (C=O) groups excluding carboxylic acids is 1. The molecule has 180 valence electrons. The van der Waals surface area contributed by atoms with Crippen molar-refractivity contribution in [1.29, 1.82) is 0 Å². The van der Waals surface area contributed by atoms with Crippen LogP contribution in [-0.4, -0.2) is 25.6 Å². The maximum Gasteiger partial charge on any atom is 0.416 e. The van der Waals surface area contributed by atoms with Gasteiger partial charge in [0.2, 0.25) is 5.91 Å². The van der Waals surface area contributed by atoms with E-state index in [9.17, 15) is 39.6 Å². The fourth-order valence-corrected chi connectivity index (χ4v) is 5.68. The van der Waals surface area contributed by atoms with Crippen molar-refractivity contribution in [3.63, 3.8) is 0 Å². The van der Waals surface area contributed by atoms with E-state index in [-0.39, 0.29) is 25.1 Å². The number of amides is 1. The summed E-state index contributed by atoms with van der Waals surface area (Å²) in [5.74, 6) is -1.17. The number of piperidine rings is 1. The molecule has 1 heterocycles. The maximum atomic E-state index is 13.2. The van der Waals surface area contributed by atoms with Gasteiger partial charge in [0.05, 0.1) is 20.8 Å². The summed E-state index contributed by atoms with van der Waals surface area (Å²) >= 11 is 0. The molecule has 1 amide bonds. The van der Waals surface area contributed by atoms with Crippen LogP contribution in [0.5, 0.6) is 0 Å². The summed E-state index contributed by atoms with van der Waals surface area (Å²) in [5, 5.41) is 0. The van der Waals surface area contributed by atoms with Gasteiger partial charge in [0.25, 0.3) is 0 Å². The molecule has 1 saturated heterocycles. The summed E-state index contributed by atoms with van der Waals surface area (Å²) in [6.07, 6.45) is -9.24. The quantitative estimate of drug-likeness (QED) is 0.512. The molecule has 0 N–H and O–H groups in total. The number of carbonyl (C=O) groups is 1. The molecule has 11 heteroatoms. The molecule has 0 spiro atoms. The fraction of sp³-hybridized carbons (Fsp3) is 0.409. The van der Waals surface area contributed by atoms with E-state index in [1.54, 1.807) is 0 Å². The minimum atomic E-state index is -4.71. The zero-order valence-corrected chi connectivity index (χ0v) is 18.5. The summed E-state index contributed by atoms with van der Waals surface area (Å²) < 4.78 is 102. The number of alkyl halides is 6. The molecule has 3 rings (SSSR count). The number of rotatable bonds is 4. The standard InChI is InChI=1S/C22H21F6NO3S/c1-20(2,33(31,32)18-5-3-4-16(12-18)22(26,27)28)15-10-11-29(19(30)13-15)17-8-6-14(7-9-17)21(23,24)25/h3-9,12,15H,10-11,13H2,1-2H3. The predicted octanol–water partition coefficient (Wildman–Crippen LogP) is 5.72. The van der Waals surface area contributed by atoms with E-state index in [4.69, 9.17) is 0 Å². The van der Waals surface area contributed by atoms with Gasteiger partial charge in [-0.3, -0.25) is 4.79 Å². The third kappa shape index (κ3) is 4.87. The minimum Gasteiger partial charge on any atom is -0.312 e. The smallest absolute Gasteiger partial charge is 0.312 e. The Morgan fingerprint density at radius 2 is 1.45 bits per heavy atom. The Hall–Kier alpha value is -2.56. The molecule has 0 bridgehead atoms. The highest BCUT2D eigenvalue weighted by molar-refractivity contribution is 7.92. The highest BCUT2D eigenvalue weighted by Crippen LogP contribution is 2.41. The van der Waals surface area contributed by atoms with E-state index in [2.05, 4.69) is 0 Å². The van der Waals surface area contributed by atoms with Crippen LogP contribution in [0.4, 0.5) is 32.0 Å². The second-order valence-corrected chi connectivity index (χ2v) is 10.9. The predicted molar refractivity (Wildman–Crippen MR) is 109 cm³/mol. The van der Waals surface area contributed by atoms with Crippen LogP contribution < -0.4 is 4.90 Å². The van der Waals surface area contributed by atoms with Crippen molar-refractivity contribution >= 4 is 21.4 Å². The number of benzene rings is 2. The molecular weight excluding hydrogens is 472 g/mol. The molecule has 1 aliphatic rings. The van der Waals surface area contributed by atoms with Gasteiger partial charge in [-0.1, -0.05) is 6.07 Å². The van der Waals surface area contributed by atoms with E-state index in [1.165, 1.54) is 30.9 Å². The summed E-state index contributed by atoms with van der Waals surface area (Å²) in [7, 11) is -4.24. The Bertz CT molecular complexity index is 1140. The lowest BCUT2D eigenvalue weighted by molar-refractivity contribution is -0.138. The molecule has 0 saturated carbocycles. The number of anilines is 1. The van der Waals surface area contributed by atoms with Gasteiger partial charge in [-0.25, -0.2) is 8.42 Å². The van der Waals surface area contributed by atoms with Crippen LogP contribution in [0.1, 0.15) is 37.8 Å². The SMILES string of the molecule is CC(C)(C1CCN(c2ccc(C(F)(F)F)cc2)C(=O)C1)S(=O)(=O)c1cccc(C(F)(F)F)c1. The van der Waals surface area contributed by atoms with Crippen LogP contribution in [-0.2, 0) is 27.0 Å². The first-order valence-corrected chi connectivity index (χ1v) is 11.4. The van der Waals surface area contributed by atoms with Crippen molar-refractivity contribution in [2.45, 2.75) is 48.7 Å². The third-order valence-corrected chi connectivity index (χ3v) is 8.67. The normalized spacial score (nSPS) is 18.5. The Morgan fingerprint density at radius 3 is 1.97 bits per heavy atom. The van der Waals surface area contributed by atoms with Crippen LogP contribution in [0.3, 0.4) is 0 Å². The van der Waals surface area contributed by atoms with Gasteiger partial charge in [-0.2, -0.15) is 26.3 Å². The molecule has 1 aliphatic heterocycles. The molecule has 1 unspecified atom stereocenters. The molecule has 2 aromatic rings. The van der Waals surface area contributed by atoms with Crippen molar-refractivity contribution in [2.75, 3.05) is 11.4 Å². The van der Waals surface area contributed by atoms with Crippen LogP contribution in [0.2, 0.25) is 0 Å². The molecule has 1 atom stereocenters. The second kappa shape index (κ2) is 8.34.